The van der Waals surface area contributed by atoms with E-state index in [1.165, 1.54) is 14.1 Å². The molecule has 0 aliphatic carbocycles. The monoisotopic (exact) mass is 164 g/mol. The van der Waals surface area contributed by atoms with Crippen LogP contribution in [0.4, 0.5) is 0 Å². The van der Waals surface area contributed by atoms with E-state index in [1.54, 1.807) is 0 Å². The Kier molecular flexibility index (Phi) is 5.30. The highest BCUT2D eigenvalue weighted by Gasteiger charge is 2.02. The van der Waals surface area contributed by atoms with Gasteiger partial charge in [-0.25, -0.2) is 5.43 Å². The van der Waals surface area contributed by atoms with Gasteiger partial charge >= 0.3 is 0 Å². The Morgan fingerprint density at radius 2 is 1.91 bits per heavy atom. The van der Waals surface area contributed by atoms with Gasteiger partial charge in [0.25, 0.3) is 0 Å². The van der Waals surface area contributed by atoms with Crippen molar-refractivity contribution in [1.82, 2.24) is 11.0 Å². The first-order chi connectivity index (χ1) is 5.02. The lowest BCUT2D eigenvalue weighted by Crippen LogP contribution is -3.14. The highest BCUT2D eigenvalue weighted by atomic mass is 16.5. The molecule has 3 unspecified atom stereocenters. The Bertz CT molecular complexity index is 98.5. The summed E-state index contributed by atoms with van der Waals surface area (Å²) in [7, 11) is 2.93. The van der Waals surface area contributed by atoms with Gasteiger partial charge in [-0.15, -0.1) is 5.53 Å². The summed E-state index contributed by atoms with van der Waals surface area (Å²) in [6, 6.07) is -0.00333. The number of likely N-dealkylation sites (N-methyl/N-ethyl adjacent to an activating group) is 1. The van der Waals surface area contributed by atoms with Crippen LogP contribution in [-0.2, 0) is 0 Å². The van der Waals surface area contributed by atoms with E-state index < -0.39 is 0 Å². The first-order valence-corrected chi connectivity index (χ1v) is 3.54. The van der Waals surface area contributed by atoms with Gasteiger partial charge in [0.05, 0.1) is 26.7 Å². The molecular formula is C5H16N4O2. The molecule has 0 heterocycles. The normalized spacial score (nSPS) is 19.4. The van der Waals surface area contributed by atoms with E-state index in [-0.39, 0.29) is 16.3 Å². The molecule has 68 valence electrons. The lowest BCUT2D eigenvalue weighted by Gasteiger charge is -2.24. The van der Waals surface area contributed by atoms with Gasteiger partial charge in [-0.2, -0.15) is 0 Å². The van der Waals surface area contributed by atoms with Gasteiger partial charge < -0.3 is 15.5 Å². The Balaban J connectivity index is 3.29. The number of hydrogen-bond acceptors (Lipinski definition) is 4. The van der Waals surface area contributed by atoms with E-state index in [0.717, 1.165) is 0 Å². The summed E-state index contributed by atoms with van der Waals surface area (Å²) < 4.78 is 0. The zero-order chi connectivity index (χ0) is 8.85. The number of hydrogen-bond donors (Lipinski definition) is 4. The van der Waals surface area contributed by atoms with Crippen LogP contribution in [0.2, 0.25) is 0 Å². The Labute approximate surface area is 66.3 Å². The molecule has 0 spiro atoms. The zero-order valence-electron chi connectivity index (χ0n) is 7.10. The summed E-state index contributed by atoms with van der Waals surface area (Å²) in [5.41, 5.74) is 5.10. The highest BCUT2D eigenvalue weighted by Crippen LogP contribution is 1.67. The fourth-order valence-electron chi connectivity index (χ4n) is 0.707. The topological polar surface area (TPSA) is 79.1 Å². The summed E-state index contributed by atoms with van der Waals surface area (Å²) in [5, 5.41) is 20.9. The van der Waals surface area contributed by atoms with Crippen LogP contribution in [0.15, 0.2) is 0 Å². The smallest absolute Gasteiger partial charge is 0.0934 e. The molecule has 0 rings (SSSR count). The molecule has 4 N–H and O–H groups in total. The van der Waals surface area contributed by atoms with Crippen molar-refractivity contribution in [3.63, 3.8) is 0 Å². The Hall–Kier alpha value is -0.240. The minimum atomic E-state index is -0.152. The van der Waals surface area contributed by atoms with Crippen molar-refractivity contribution in [2.24, 2.45) is 0 Å². The van der Waals surface area contributed by atoms with Crippen LogP contribution in [-0.4, -0.2) is 26.7 Å². The summed E-state index contributed by atoms with van der Waals surface area (Å²) in [5.74, 6) is 0. The summed E-state index contributed by atoms with van der Waals surface area (Å²) in [6.45, 7) is 2.26. The molecule has 0 saturated heterocycles. The largest absolute Gasteiger partial charge is 0.634 e. The van der Waals surface area contributed by atoms with Crippen molar-refractivity contribution in [2.75, 3.05) is 20.6 Å². The SMILES string of the molecule is CC(C[NH+](C)[O-])NN[NH+](C)[O-]. The third-order valence-electron chi connectivity index (χ3n) is 1.09. The molecule has 0 aliphatic rings. The molecule has 0 aromatic rings. The van der Waals surface area contributed by atoms with Gasteiger partial charge in [0.2, 0.25) is 0 Å². The van der Waals surface area contributed by atoms with Crippen molar-refractivity contribution >= 4 is 0 Å². The zero-order valence-corrected chi connectivity index (χ0v) is 7.10. The second-order valence-electron chi connectivity index (χ2n) is 2.63. The molecule has 0 aromatic carbocycles. The summed E-state index contributed by atoms with van der Waals surface area (Å²) in [4.78, 5) is 0. The molecule has 0 fully saturated rings. The molecule has 6 heteroatoms. The number of nitrogens with one attached hydrogen (secondary N) is 4. The molecule has 6 nitrogen and oxygen atoms in total. The number of quaternary nitrogens is 2. The first-order valence-electron chi connectivity index (χ1n) is 3.54. The minimum Gasteiger partial charge on any atom is -0.634 e. The predicted octanol–water partition coefficient (Wildman–Crippen LogP) is -3.59. The summed E-state index contributed by atoms with van der Waals surface area (Å²) in [6.07, 6.45) is 0. The fraction of sp³-hybridized carbons (Fsp3) is 1.00. The highest BCUT2D eigenvalue weighted by molar-refractivity contribution is 4.50. The van der Waals surface area contributed by atoms with Crippen molar-refractivity contribution < 1.29 is 10.2 Å². The molecule has 0 amide bonds. The quantitative estimate of drug-likeness (QED) is 0.317. The maximum absolute atomic E-state index is 10.5. The molecular weight excluding hydrogens is 148 g/mol. The van der Waals surface area contributed by atoms with Gasteiger partial charge in [0.1, 0.15) is 0 Å². The van der Waals surface area contributed by atoms with E-state index in [2.05, 4.69) is 11.0 Å². The first kappa shape index (κ1) is 10.8. The van der Waals surface area contributed by atoms with Gasteiger partial charge in [0, 0.05) is 0 Å². The van der Waals surface area contributed by atoms with Crippen LogP contribution < -0.4 is 21.2 Å². The average molecular weight is 164 g/mol. The van der Waals surface area contributed by atoms with E-state index in [1.807, 2.05) is 6.92 Å². The van der Waals surface area contributed by atoms with Crippen LogP contribution in [0.3, 0.4) is 0 Å². The molecule has 0 aliphatic heterocycles. The van der Waals surface area contributed by atoms with Gasteiger partial charge in [0.15, 0.2) is 0 Å². The lowest BCUT2D eigenvalue weighted by molar-refractivity contribution is -0.884. The number of rotatable bonds is 5. The van der Waals surface area contributed by atoms with Gasteiger partial charge in [-0.1, -0.05) is 0 Å². The van der Waals surface area contributed by atoms with Crippen LogP contribution in [0, 0.1) is 10.4 Å². The third-order valence-corrected chi connectivity index (χ3v) is 1.09. The van der Waals surface area contributed by atoms with E-state index in [9.17, 15) is 10.4 Å². The van der Waals surface area contributed by atoms with Gasteiger partial charge in [-0.3, -0.25) is 5.17 Å². The Morgan fingerprint density at radius 1 is 1.36 bits per heavy atom. The molecule has 0 radical (unpaired) electrons. The van der Waals surface area contributed by atoms with Crippen LogP contribution in [0.5, 0.6) is 0 Å². The van der Waals surface area contributed by atoms with Crippen molar-refractivity contribution in [1.29, 1.82) is 0 Å². The minimum absolute atomic E-state index is 0.00333. The maximum Gasteiger partial charge on any atom is 0.0934 e. The van der Waals surface area contributed by atoms with E-state index in [0.29, 0.717) is 6.54 Å². The van der Waals surface area contributed by atoms with E-state index >= 15 is 0 Å². The third kappa shape index (κ3) is 7.66. The lowest BCUT2D eigenvalue weighted by atomic mass is 10.4. The van der Waals surface area contributed by atoms with Crippen LogP contribution in [0.1, 0.15) is 6.92 Å². The molecule has 0 aromatic heterocycles. The maximum atomic E-state index is 10.5. The average Bonchev–Trinajstić information content (AvgIpc) is 1.82. The van der Waals surface area contributed by atoms with Crippen molar-refractivity contribution in [3.05, 3.63) is 10.4 Å². The second-order valence-corrected chi connectivity index (χ2v) is 2.63. The Morgan fingerprint density at radius 3 is 2.27 bits per heavy atom. The van der Waals surface area contributed by atoms with E-state index in [4.69, 9.17) is 0 Å². The fourth-order valence-corrected chi connectivity index (χ4v) is 0.707. The number of hydroxylamine groups is 3. The standard InChI is InChI=1S/C5H16N4O2/c1-5(4-8(2)10)6-7-9(3)11/h5-9H,4H2,1-3H3. The number of hydrazine groups is 1. The van der Waals surface area contributed by atoms with Crippen LogP contribution >= 0.6 is 0 Å². The molecule has 3 atom stereocenters. The second kappa shape index (κ2) is 5.42. The van der Waals surface area contributed by atoms with Crippen molar-refractivity contribution in [2.45, 2.75) is 13.0 Å². The van der Waals surface area contributed by atoms with Crippen molar-refractivity contribution in [3.8, 4) is 0 Å². The molecule has 0 saturated carbocycles. The predicted molar refractivity (Wildman–Crippen MR) is 41.1 cm³/mol. The van der Waals surface area contributed by atoms with Crippen LogP contribution in [0.25, 0.3) is 0 Å². The molecule has 11 heavy (non-hydrogen) atoms. The summed E-state index contributed by atoms with van der Waals surface area (Å²) >= 11 is 0. The van der Waals surface area contributed by atoms with Gasteiger partial charge in [-0.05, 0) is 6.92 Å². The molecule has 0 bridgehead atoms.